The van der Waals surface area contributed by atoms with Gasteiger partial charge in [-0.25, -0.2) is 0 Å². The Kier molecular flexibility index (Phi) is 2.76. The topological polar surface area (TPSA) is 34.1 Å². The molecular formula is C20H26O2. The van der Waals surface area contributed by atoms with E-state index < -0.39 is 0 Å². The maximum Gasteiger partial charge on any atom is 0.151 e. The highest BCUT2D eigenvalue weighted by atomic mass is 16.1. The summed E-state index contributed by atoms with van der Waals surface area (Å²) < 4.78 is 0. The summed E-state index contributed by atoms with van der Waals surface area (Å²) in [5.74, 6) is 1.45. The summed E-state index contributed by atoms with van der Waals surface area (Å²) in [6, 6.07) is 0. The molecular weight excluding hydrogens is 272 g/mol. The molecule has 0 aliphatic heterocycles. The number of hydrogen-bond donors (Lipinski definition) is 0. The van der Waals surface area contributed by atoms with Gasteiger partial charge in [-0.05, 0) is 43.9 Å². The second-order valence-corrected chi connectivity index (χ2v) is 8.66. The number of Topliss-reactive ketones (excluding diaryl/α,β-unsaturated/α-hetero) is 2. The van der Waals surface area contributed by atoms with E-state index in [0.29, 0.717) is 23.9 Å². The number of carbonyl (C=O) groups excluding carboxylic acids is 2. The van der Waals surface area contributed by atoms with E-state index in [4.69, 9.17) is 0 Å². The lowest BCUT2D eigenvalue weighted by Crippen LogP contribution is -2.50. The second-order valence-electron chi connectivity index (χ2n) is 8.66. The molecule has 1 saturated carbocycles. The van der Waals surface area contributed by atoms with Crippen molar-refractivity contribution in [2.24, 2.45) is 28.6 Å². The lowest BCUT2D eigenvalue weighted by atomic mass is 9.49. The van der Waals surface area contributed by atoms with Gasteiger partial charge in [0.15, 0.2) is 5.78 Å². The summed E-state index contributed by atoms with van der Waals surface area (Å²) in [5, 5.41) is 0. The van der Waals surface area contributed by atoms with Crippen LogP contribution in [0.4, 0.5) is 0 Å². The van der Waals surface area contributed by atoms with Crippen LogP contribution in [-0.2, 0) is 9.59 Å². The summed E-state index contributed by atoms with van der Waals surface area (Å²) in [6.45, 7) is 8.74. The largest absolute Gasteiger partial charge is 0.299 e. The molecule has 0 aromatic rings. The van der Waals surface area contributed by atoms with E-state index in [9.17, 15) is 9.59 Å². The Morgan fingerprint density at radius 3 is 2.59 bits per heavy atom. The molecule has 0 aromatic carbocycles. The minimum Gasteiger partial charge on any atom is -0.299 e. The minimum atomic E-state index is -0.242. The fraction of sp³-hybridized carbons (Fsp3) is 0.700. The van der Waals surface area contributed by atoms with Crippen LogP contribution in [0.3, 0.4) is 0 Å². The highest BCUT2D eigenvalue weighted by Crippen LogP contribution is 2.64. The number of rotatable bonds is 0. The molecule has 2 heteroatoms. The van der Waals surface area contributed by atoms with E-state index in [1.54, 1.807) is 0 Å². The van der Waals surface area contributed by atoms with Crippen molar-refractivity contribution in [3.8, 4) is 0 Å². The minimum absolute atomic E-state index is 0.0541. The third-order valence-electron chi connectivity index (χ3n) is 7.35. The maximum atomic E-state index is 12.9. The van der Waals surface area contributed by atoms with E-state index in [0.717, 1.165) is 25.7 Å². The zero-order chi connectivity index (χ0) is 15.9. The molecule has 0 N–H and O–H groups in total. The molecule has 0 saturated heterocycles. The standard InChI is InChI=1S/C20H26O2/c1-11-5-6-13-17-12(16(11)18(13)22)7-8-14-19(2,3)15(21)9-10-20(14,17)4/h5,13-14,16H,6-10H2,1-4H3/t13-,14-,16+,20-/m1/s1. The van der Waals surface area contributed by atoms with Gasteiger partial charge in [-0.3, -0.25) is 9.59 Å². The van der Waals surface area contributed by atoms with Gasteiger partial charge in [-0.1, -0.05) is 43.6 Å². The van der Waals surface area contributed by atoms with Crippen molar-refractivity contribution < 1.29 is 9.59 Å². The van der Waals surface area contributed by atoms with Crippen LogP contribution in [0.5, 0.6) is 0 Å². The van der Waals surface area contributed by atoms with E-state index in [2.05, 4.69) is 33.8 Å². The molecule has 22 heavy (non-hydrogen) atoms. The van der Waals surface area contributed by atoms with Gasteiger partial charge in [0.05, 0.1) is 5.92 Å². The Hall–Kier alpha value is -1.18. The fourth-order valence-electron chi connectivity index (χ4n) is 6.26. The van der Waals surface area contributed by atoms with Crippen LogP contribution < -0.4 is 0 Å². The summed E-state index contributed by atoms with van der Waals surface area (Å²) in [4.78, 5) is 25.3. The highest BCUT2D eigenvalue weighted by molar-refractivity contribution is 5.97. The zero-order valence-electron chi connectivity index (χ0n) is 14.2. The van der Waals surface area contributed by atoms with Crippen LogP contribution in [0.15, 0.2) is 22.8 Å². The van der Waals surface area contributed by atoms with E-state index in [-0.39, 0.29) is 22.7 Å². The second kappa shape index (κ2) is 4.21. The summed E-state index contributed by atoms with van der Waals surface area (Å²) in [7, 11) is 0. The van der Waals surface area contributed by atoms with Crippen LogP contribution in [-0.4, -0.2) is 11.6 Å². The molecule has 0 radical (unpaired) electrons. The lowest BCUT2D eigenvalue weighted by Gasteiger charge is -2.54. The molecule has 0 unspecified atom stereocenters. The molecule has 4 atom stereocenters. The van der Waals surface area contributed by atoms with Gasteiger partial charge in [0.1, 0.15) is 5.78 Å². The molecule has 2 bridgehead atoms. The third kappa shape index (κ3) is 1.51. The first-order valence-corrected chi connectivity index (χ1v) is 8.75. The lowest BCUT2D eigenvalue weighted by molar-refractivity contribution is -0.139. The quantitative estimate of drug-likeness (QED) is 0.626. The molecule has 4 rings (SSSR count). The monoisotopic (exact) mass is 298 g/mol. The van der Waals surface area contributed by atoms with Gasteiger partial charge in [0.2, 0.25) is 0 Å². The molecule has 4 aliphatic carbocycles. The molecule has 0 spiro atoms. The fourth-order valence-corrected chi connectivity index (χ4v) is 6.26. The molecule has 0 aromatic heterocycles. The molecule has 1 fully saturated rings. The van der Waals surface area contributed by atoms with Gasteiger partial charge in [0.25, 0.3) is 0 Å². The SMILES string of the molecule is CC1=CC[C@H]2C(=O)[C@@H]1C1=C2[C@]2(C)CCC(=O)C(C)(C)[C@H]2CC1. The number of carbonyl (C=O) groups is 2. The van der Waals surface area contributed by atoms with Crippen LogP contribution >= 0.6 is 0 Å². The van der Waals surface area contributed by atoms with E-state index in [1.165, 1.54) is 16.7 Å². The number of hydrogen-bond acceptors (Lipinski definition) is 2. The van der Waals surface area contributed by atoms with Crippen molar-refractivity contribution in [1.82, 2.24) is 0 Å². The zero-order valence-corrected chi connectivity index (χ0v) is 14.2. The van der Waals surface area contributed by atoms with Crippen molar-refractivity contribution >= 4 is 11.6 Å². The molecule has 2 nitrogen and oxygen atoms in total. The first kappa shape index (κ1) is 14.4. The van der Waals surface area contributed by atoms with Gasteiger partial charge in [-0.2, -0.15) is 0 Å². The van der Waals surface area contributed by atoms with Crippen LogP contribution in [0.1, 0.15) is 59.8 Å². The van der Waals surface area contributed by atoms with Crippen LogP contribution in [0.25, 0.3) is 0 Å². The average molecular weight is 298 g/mol. The van der Waals surface area contributed by atoms with Crippen molar-refractivity contribution in [1.29, 1.82) is 0 Å². The predicted molar refractivity (Wildman–Crippen MR) is 86.2 cm³/mol. The molecule has 0 amide bonds. The Bertz CT molecular complexity index is 649. The summed E-state index contributed by atoms with van der Waals surface area (Å²) in [6.07, 6.45) is 6.87. The first-order chi connectivity index (χ1) is 10.3. The van der Waals surface area contributed by atoms with Crippen molar-refractivity contribution in [2.75, 3.05) is 0 Å². The van der Waals surface area contributed by atoms with Crippen molar-refractivity contribution in [2.45, 2.75) is 59.8 Å². The maximum absolute atomic E-state index is 12.9. The third-order valence-corrected chi connectivity index (χ3v) is 7.35. The summed E-state index contributed by atoms with van der Waals surface area (Å²) >= 11 is 0. The van der Waals surface area contributed by atoms with Crippen molar-refractivity contribution in [3.63, 3.8) is 0 Å². The van der Waals surface area contributed by atoms with Gasteiger partial charge in [-0.15, -0.1) is 0 Å². The van der Waals surface area contributed by atoms with Crippen LogP contribution in [0, 0.1) is 28.6 Å². The van der Waals surface area contributed by atoms with Gasteiger partial charge in [0, 0.05) is 17.8 Å². The Morgan fingerprint density at radius 2 is 1.86 bits per heavy atom. The Balaban J connectivity index is 1.86. The highest BCUT2D eigenvalue weighted by Gasteiger charge is 2.59. The first-order valence-electron chi connectivity index (χ1n) is 8.75. The van der Waals surface area contributed by atoms with Crippen LogP contribution in [0.2, 0.25) is 0 Å². The average Bonchev–Trinajstić information content (AvgIpc) is 2.63. The Labute approximate surface area is 133 Å². The van der Waals surface area contributed by atoms with Crippen molar-refractivity contribution in [3.05, 3.63) is 22.8 Å². The summed E-state index contributed by atoms with van der Waals surface area (Å²) in [5.41, 5.74) is 3.96. The Morgan fingerprint density at radius 1 is 1.14 bits per heavy atom. The predicted octanol–water partition coefficient (Wildman–Crippen LogP) is 4.25. The molecule has 4 aliphatic rings. The smallest absolute Gasteiger partial charge is 0.151 e. The number of ketones is 2. The molecule has 0 heterocycles. The normalized spacial score (nSPS) is 42.9. The number of fused-ring (bicyclic) bond motifs is 6. The van der Waals surface area contributed by atoms with Gasteiger partial charge < -0.3 is 0 Å². The van der Waals surface area contributed by atoms with E-state index >= 15 is 0 Å². The van der Waals surface area contributed by atoms with E-state index in [1.807, 2.05) is 0 Å². The number of allylic oxidation sites excluding steroid dienone is 4. The van der Waals surface area contributed by atoms with Gasteiger partial charge >= 0.3 is 0 Å². The molecule has 118 valence electrons.